The van der Waals surface area contributed by atoms with Crippen LogP contribution in [0.5, 0.6) is 5.75 Å². The van der Waals surface area contributed by atoms with E-state index in [1.54, 1.807) is 36.4 Å². The van der Waals surface area contributed by atoms with E-state index < -0.39 is 10.0 Å². The Morgan fingerprint density at radius 1 is 0.970 bits per heavy atom. The van der Waals surface area contributed by atoms with Gasteiger partial charge in [-0.1, -0.05) is 42.5 Å². The second-order valence-electron chi connectivity index (χ2n) is 7.69. The van der Waals surface area contributed by atoms with Crippen molar-refractivity contribution < 1.29 is 17.9 Å². The van der Waals surface area contributed by atoms with Crippen LogP contribution in [0.4, 0.5) is 5.69 Å². The van der Waals surface area contributed by atoms with Gasteiger partial charge in [0.2, 0.25) is 5.91 Å². The first kappa shape index (κ1) is 24.3. The standard InChI is InChI=1S/C26H30N2O4S/c1-3-32-24-16-14-22(15-17-24)10-8-18-27-26(29)20-28(23-11-7-9-21(2)19-23)33(30,31)25-12-5-4-6-13-25/h4-7,9,11-17,19H,3,8,10,18,20H2,1-2H3,(H,27,29). The van der Waals surface area contributed by atoms with Crippen LogP contribution in [0.15, 0.2) is 83.8 Å². The van der Waals surface area contributed by atoms with Crippen molar-refractivity contribution in [1.82, 2.24) is 5.32 Å². The molecule has 0 unspecified atom stereocenters. The highest BCUT2D eigenvalue weighted by molar-refractivity contribution is 7.92. The minimum absolute atomic E-state index is 0.148. The van der Waals surface area contributed by atoms with Crippen LogP contribution in [-0.4, -0.2) is 34.0 Å². The van der Waals surface area contributed by atoms with Gasteiger partial charge in [-0.15, -0.1) is 0 Å². The molecule has 0 aliphatic carbocycles. The predicted molar refractivity (Wildman–Crippen MR) is 131 cm³/mol. The molecule has 0 saturated carbocycles. The lowest BCUT2D eigenvalue weighted by molar-refractivity contribution is -0.119. The molecule has 174 valence electrons. The predicted octanol–water partition coefficient (Wildman–Crippen LogP) is 4.34. The number of rotatable bonds is 11. The fourth-order valence-corrected chi connectivity index (χ4v) is 4.88. The van der Waals surface area contributed by atoms with Gasteiger partial charge in [0, 0.05) is 6.54 Å². The highest BCUT2D eigenvalue weighted by Gasteiger charge is 2.27. The highest BCUT2D eigenvalue weighted by Crippen LogP contribution is 2.24. The summed E-state index contributed by atoms with van der Waals surface area (Å²) in [7, 11) is -3.89. The Kier molecular flexibility index (Phi) is 8.49. The third-order valence-corrected chi connectivity index (χ3v) is 6.89. The summed E-state index contributed by atoms with van der Waals surface area (Å²) < 4.78 is 33.2. The maximum absolute atomic E-state index is 13.3. The summed E-state index contributed by atoms with van der Waals surface area (Å²) >= 11 is 0. The Bertz CT molecular complexity index is 1150. The van der Waals surface area contributed by atoms with E-state index in [2.05, 4.69) is 5.32 Å². The summed E-state index contributed by atoms with van der Waals surface area (Å²) in [4.78, 5) is 12.8. The van der Waals surface area contributed by atoms with Gasteiger partial charge in [-0.3, -0.25) is 9.10 Å². The third kappa shape index (κ3) is 6.83. The molecule has 0 aliphatic rings. The van der Waals surface area contributed by atoms with Gasteiger partial charge in [0.25, 0.3) is 10.0 Å². The van der Waals surface area contributed by atoms with Gasteiger partial charge in [-0.25, -0.2) is 8.42 Å². The van der Waals surface area contributed by atoms with E-state index in [-0.39, 0.29) is 17.3 Å². The second-order valence-corrected chi connectivity index (χ2v) is 9.56. The normalized spacial score (nSPS) is 11.1. The molecule has 0 fully saturated rings. The van der Waals surface area contributed by atoms with Crippen molar-refractivity contribution in [2.24, 2.45) is 0 Å². The summed E-state index contributed by atoms with van der Waals surface area (Å²) in [5.74, 6) is 0.494. The largest absolute Gasteiger partial charge is 0.494 e. The Labute approximate surface area is 196 Å². The van der Waals surface area contributed by atoms with Crippen molar-refractivity contribution in [2.75, 3.05) is 24.0 Å². The van der Waals surface area contributed by atoms with Crippen molar-refractivity contribution in [1.29, 1.82) is 0 Å². The first-order chi connectivity index (χ1) is 15.9. The molecule has 3 aromatic carbocycles. The van der Waals surface area contributed by atoms with Crippen molar-refractivity contribution in [2.45, 2.75) is 31.6 Å². The molecule has 1 amide bonds. The van der Waals surface area contributed by atoms with Gasteiger partial charge in [-0.2, -0.15) is 0 Å². The molecular formula is C26H30N2O4S. The van der Waals surface area contributed by atoms with Crippen molar-refractivity contribution in [3.63, 3.8) is 0 Å². The molecule has 0 spiro atoms. The molecular weight excluding hydrogens is 436 g/mol. The number of nitrogens with one attached hydrogen (secondary N) is 1. The van der Waals surface area contributed by atoms with E-state index in [0.717, 1.165) is 34.0 Å². The van der Waals surface area contributed by atoms with Gasteiger partial charge in [0.15, 0.2) is 0 Å². The zero-order valence-corrected chi connectivity index (χ0v) is 19.8. The molecule has 0 saturated heterocycles. The van der Waals surface area contributed by atoms with E-state index in [9.17, 15) is 13.2 Å². The summed E-state index contributed by atoms with van der Waals surface area (Å²) in [5, 5.41) is 2.85. The van der Waals surface area contributed by atoms with Gasteiger partial charge in [0.1, 0.15) is 12.3 Å². The first-order valence-corrected chi connectivity index (χ1v) is 12.5. The topological polar surface area (TPSA) is 75.7 Å². The molecule has 0 radical (unpaired) electrons. The SMILES string of the molecule is CCOc1ccc(CCCNC(=O)CN(c2cccc(C)c2)S(=O)(=O)c2ccccc2)cc1. The maximum Gasteiger partial charge on any atom is 0.264 e. The minimum atomic E-state index is -3.89. The fourth-order valence-electron chi connectivity index (χ4n) is 3.44. The van der Waals surface area contributed by atoms with Gasteiger partial charge in [-0.05, 0) is 74.2 Å². The van der Waals surface area contributed by atoms with Crippen molar-refractivity contribution >= 4 is 21.6 Å². The number of hydrogen-bond acceptors (Lipinski definition) is 4. The molecule has 6 nitrogen and oxygen atoms in total. The average Bonchev–Trinajstić information content (AvgIpc) is 2.82. The number of nitrogens with zero attached hydrogens (tertiary/aromatic N) is 1. The molecule has 1 N–H and O–H groups in total. The van der Waals surface area contributed by atoms with Crippen LogP contribution in [0, 0.1) is 6.92 Å². The van der Waals surface area contributed by atoms with Gasteiger partial charge in [0.05, 0.1) is 17.2 Å². The molecule has 0 aliphatic heterocycles. The van der Waals surface area contributed by atoms with Crippen LogP contribution < -0.4 is 14.4 Å². The number of anilines is 1. The monoisotopic (exact) mass is 466 g/mol. The molecule has 3 rings (SSSR count). The maximum atomic E-state index is 13.3. The Morgan fingerprint density at radius 2 is 1.70 bits per heavy atom. The molecule has 0 heterocycles. The average molecular weight is 467 g/mol. The zero-order valence-electron chi connectivity index (χ0n) is 19.0. The number of hydrogen-bond donors (Lipinski definition) is 1. The lowest BCUT2D eigenvalue weighted by Crippen LogP contribution is -2.41. The van der Waals surface area contributed by atoms with Crippen LogP contribution in [0.25, 0.3) is 0 Å². The van der Waals surface area contributed by atoms with Gasteiger partial charge >= 0.3 is 0 Å². The second kappa shape index (κ2) is 11.5. The summed E-state index contributed by atoms with van der Waals surface area (Å²) in [5.41, 5.74) is 2.53. The van der Waals surface area contributed by atoms with E-state index >= 15 is 0 Å². The number of sulfonamides is 1. The molecule has 33 heavy (non-hydrogen) atoms. The quantitative estimate of drug-likeness (QED) is 0.427. The molecule has 0 bridgehead atoms. The molecule has 3 aromatic rings. The smallest absolute Gasteiger partial charge is 0.264 e. The fraction of sp³-hybridized carbons (Fsp3) is 0.269. The van der Waals surface area contributed by atoms with E-state index in [4.69, 9.17) is 4.74 Å². The van der Waals surface area contributed by atoms with Gasteiger partial charge < -0.3 is 10.1 Å². The molecule has 0 atom stereocenters. The summed E-state index contributed by atoms with van der Waals surface area (Å²) in [6.45, 7) is 4.63. The third-order valence-electron chi connectivity index (χ3n) is 5.11. The van der Waals surface area contributed by atoms with E-state index in [0.29, 0.717) is 18.8 Å². The Morgan fingerprint density at radius 3 is 2.36 bits per heavy atom. The number of benzene rings is 3. The molecule has 7 heteroatoms. The summed E-state index contributed by atoms with van der Waals surface area (Å²) in [6.07, 6.45) is 1.55. The lowest BCUT2D eigenvalue weighted by Gasteiger charge is -2.24. The van der Waals surface area contributed by atoms with Crippen LogP contribution in [0.2, 0.25) is 0 Å². The zero-order chi connectivity index (χ0) is 23.7. The first-order valence-electron chi connectivity index (χ1n) is 11.0. The van der Waals surface area contributed by atoms with E-state index in [1.807, 2.05) is 44.2 Å². The number of amides is 1. The number of carbonyl (C=O) groups is 1. The number of aryl methyl sites for hydroxylation is 2. The number of carbonyl (C=O) groups excluding carboxylic acids is 1. The minimum Gasteiger partial charge on any atom is -0.494 e. The Balaban J connectivity index is 1.63. The molecule has 0 aromatic heterocycles. The van der Waals surface area contributed by atoms with Crippen LogP contribution in [0.3, 0.4) is 0 Å². The van der Waals surface area contributed by atoms with Crippen molar-refractivity contribution in [3.05, 3.63) is 90.0 Å². The van der Waals surface area contributed by atoms with Crippen LogP contribution >= 0.6 is 0 Å². The van der Waals surface area contributed by atoms with Crippen LogP contribution in [-0.2, 0) is 21.2 Å². The van der Waals surface area contributed by atoms with E-state index in [1.165, 1.54) is 12.1 Å². The van der Waals surface area contributed by atoms with Crippen molar-refractivity contribution in [3.8, 4) is 5.75 Å². The lowest BCUT2D eigenvalue weighted by atomic mass is 10.1. The highest BCUT2D eigenvalue weighted by atomic mass is 32.2. The van der Waals surface area contributed by atoms with Crippen LogP contribution in [0.1, 0.15) is 24.5 Å². The number of ether oxygens (including phenoxy) is 1. The Hall–Kier alpha value is -3.32. The summed E-state index contributed by atoms with van der Waals surface area (Å²) in [6, 6.07) is 23.2.